The van der Waals surface area contributed by atoms with E-state index in [1.54, 1.807) is 0 Å². The van der Waals surface area contributed by atoms with E-state index < -0.39 is 0 Å². The fourth-order valence-corrected chi connectivity index (χ4v) is 1.89. The van der Waals surface area contributed by atoms with Crippen LogP contribution in [0.15, 0.2) is 18.3 Å². The van der Waals surface area contributed by atoms with Crippen LogP contribution in [0.4, 0.5) is 0 Å². The van der Waals surface area contributed by atoms with E-state index in [0.29, 0.717) is 5.92 Å². The van der Waals surface area contributed by atoms with Crippen molar-refractivity contribution in [1.29, 1.82) is 0 Å². The van der Waals surface area contributed by atoms with Crippen LogP contribution in [0.2, 0.25) is 0 Å². The van der Waals surface area contributed by atoms with Crippen LogP contribution in [-0.2, 0) is 6.42 Å². The van der Waals surface area contributed by atoms with Gasteiger partial charge in [-0.15, -0.1) is 10.2 Å². The van der Waals surface area contributed by atoms with E-state index >= 15 is 0 Å². The molecule has 0 aromatic carbocycles. The SMILES string of the molecule is CC(N)Cc1cccn2c(C(C)C)nnc12. The van der Waals surface area contributed by atoms with Crippen molar-refractivity contribution in [2.24, 2.45) is 5.73 Å². The highest BCUT2D eigenvalue weighted by atomic mass is 15.2. The summed E-state index contributed by atoms with van der Waals surface area (Å²) in [6, 6.07) is 4.24. The van der Waals surface area contributed by atoms with Crippen molar-refractivity contribution in [3.63, 3.8) is 0 Å². The van der Waals surface area contributed by atoms with Crippen molar-refractivity contribution in [3.8, 4) is 0 Å². The largest absolute Gasteiger partial charge is 0.328 e. The molecule has 0 radical (unpaired) electrons. The van der Waals surface area contributed by atoms with Gasteiger partial charge < -0.3 is 5.73 Å². The third kappa shape index (κ3) is 1.93. The molecule has 0 aliphatic rings. The zero-order chi connectivity index (χ0) is 11.7. The minimum Gasteiger partial charge on any atom is -0.328 e. The normalized spacial score (nSPS) is 13.6. The zero-order valence-corrected chi connectivity index (χ0v) is 10.0. The Hall–Kier alpha value is -1.42. The number of nitrogens with two attached hydrogens (primary N) is 1. The maximum absolute atomic E-state index is 5.82. The van der Waals surface area contributed by atoms with Crippen molar-refractivity contribution in [2.75, 3.05) is 0 Å². The van der Waals surface area contributed by atoms with Crippen LogP contribution in [0.25, 0.3) is 5.65 Å². The number of nitrogens with zero attached hydrogens (tertiary/aromatic N) is 3. The fourth-order valence-electron chi connectivity index (χ4n) is 1.89. The Bertz CT molecular complexity index is 485. The van der Waals surface area contributed by atoms with Gasteiger partial charge in [0.05, 0.1) is 0 Å². The Morgan fingerprint density at radius 1 is 1.31 bits per heavy atom. The summed E-state index contributed by atoms with van der Waals surface area (Å²) in [4.78, 5) is 0. The maximum atomic E-state index is 5.82. The molecular formula is C12H18N4. The molecule has 1 unspecified atom stereocenters. The summed E-state index contributed by atoms with van der Waals surface area (Å²) < 4.78 is 2.06. The summed E-state index contributed by atoms with van der Waals surface area (Å²) in [5.41, 5.74) is 7.92. The molecule has 2 heterocycles. The molecule has 0 saturated carbocycles. The Morgan fingerprint density at radius 2 is 2.06 bits per heavy atom. The first-order valence-electron chi connectivity index (χ1n) is 5.67. The summed E-state index contributed by atoms with van der Waals surface area (Å²) in [7, 11) is 0. The van der Waals surface area contributed by atoms with Crippen LogP contribution >= 0.6 is 0 Å². The molecule has 2 aromatic heterocycles. The van der Waals surface area contributed by atoms with Crippen molar-refractivity contribution < 1.29 is 0 Å². The number of hydrogen-bond acceptors (Lipinski definition) is 3. The third-order valence-electron chi connectivity index (χ3n) is 2.60. The summed E-state index contributed by atoms with van der Waals surface area (Å²) in [6.45, 7) is 6.24. The third-order valence-corrected chi connectivity index (χ3v) is 2.60. The van der Waals surface area contributed by atoms with Crippen LogP contribution in [0, 0.1) is 0 Å². The summed E-state index contributed by atoms with van der Waals surface area (Å²) in [6.07, 6.45) is 2.84. The van der Waals surface area contributed by atoms with Crippen LogP contribution in [0.5, 0.6) is 0 Å². The zero-order valence-electron chi connectivity index (χ0n) is 10.0. The Morgan fingerprint density at radius 3 is 2.69 bits per heavy atom. The first kappa shape index (κ1) is 11.1. The van der Waals surface area contributed by atoms with Crippen LogP contribution in [0.3, 0.4) is 0 Å². The number of fused-ring (bicyclic) bond motifs is 1. The molecule has 0 spiro atoms. The van der Waals surface area contributed by atoms with Crippen molar-refractivity contribution >= 4 is 5.65 Å². The van der Waals surface area contributed by atoms with E-state index in [9.17, 15) is 0 Å². The van der Waals surface area contributed by atoms with E-state index in [1.165, 1.54) is 0 Å². The number of hydrogen-bond donors (Lipinski definition) is 1. The smallest absolute Gasteiger partial charge is 0.164 e. The first-order chi connectivity index (χ1) is 7.59. The lowest BCUT2D eigenvalue weighted by Gasteiger charge is -2.07. The number of pyridine rings is 1. The van der Waals surface area contributed by atoms with Gasteiger partial charge in [0.15, 0.2) is 5.65 Å². The molecule has 4 heteroatoms. The molecule has 0 fully saturated rings. The minimum absolute atomic E-state index is 0.144. The lowest BCUT2D eigenvalue weighted by atomic mass is 10.1. The Labute approximate surface area is 95.5 Å². The predicted molar refractivity (Wildman–Crippen MR) is 64.4 cm³/mol. The highest BCUT2D eigenvalue weighted by Crippen LogP contribution is 2.16. The molecular weight excluding hydrogens is 200 g/mol. The van der Waals surface area contributed by atoms with Gasteiger partial charge in [0, 0.05) is 18.2 Å². The van der Waals surface area contributed by atoms with Crippen LogP contribution < -0.4 is 5.73 Å². The lowest BCUT2D eigenvalue weighted by molar-refractivity contribution is 0.735. The molecule has 4 nitrogen and oxygen atoms in total. The second kappa shape index (κ2) is 4.22. The summed E-state index contributed by atoms with van der Waals surface area (Å²) in [5, 5.41) is 8.49. The molecule has 86 valence electrons. The van der Waals surface area contributed by atoms with E-state index in [4.69, 9.17) is 5.73 Å². The van der Waals surface area contributed by atoms with Crippen molar-refractivity contribution in [2.45, 2.75) is 39.2 Å². The van der Waals surface area contributed by atoms with Gasteiger partial charge in [-0.05, 0) is 25.0 Å². The van der Waals surface area contributed by atoms with Crippen LogP contribution in [-0.4, -0.2) is 20.6 Å². The maximum Gasteiger partial charge on any atom is 0.164 e. The number of rotatable bonds is 3. The summed E-state index contributed by atoms with van der Waals surface area (Å²) in [5.74, 6) is 1.38. The molecule has 0 amide bonds. The average Bonchev–Trinajstić information content (AvgIpc) is 2.61. The van der Waals surface area contributed by atoms with Gasteiger partial charge in [-0.25, -0.2) is 0 Å². The van der Waals surface area contributed by atoms with Crippen molar-refractivity contribution in [3.05, 3.63) is 29.7 Å². The average molecular weight is 218 g/mol. The van der Waals surface area contributed by atoms with Gasteiger partial charge >= 0.3 is 0 Å². The van der Waals surface area contributed by atoms with Gasteiger partial charge in [0.2, 0.25) is 0 Å². The molecule has 0 saturated heterocycles. The van der Waals surface area contributed by atoms with Gasteiger partial charge in [-0.3, -0.25) is 4.40 Å². The Balaban J connectivity index is 2.53. The van der Waals surface area contributed by atoms with Gasteiger partial charge in [0.25, 0.3) is 0 Å². The van der Waals surface area contributed by atoms with Gasteiger partial charge in [0.1, 0.15) is 5.82 Å². The molecule has 1 atom stereocenters. The first-order valence-corrected chi connectivity index (χ1v) is 5.67. The Kier molecular flexibility index (Phi) is 2.92. The highest BCUT2D eigenvalue weighted by Gasteiger charge is 2.12. The van der Waals surface area contributed by atoms with E-state index in [1.807, 2.05) is 19.2 Å². The minimum atomic E-state index is 0.144. The second-order valence-electron chi connectivity index (χ2n) is 4.62. The van der Waals surface area contributed by atoms with E-state index in [-0.39, 0.29) is 6.04 Å². The summed E-state index contributed by atoms with van der Waals surface area (Å²) >= 11 is 0. The highest BCUT2D eigenvalue weighted by molar-refractivity contribution is 5.48. The van der Waals surface area contributed by atoms with Gasteiger partial charge in [-0.2, -0.15) is 0 Å². The lowest BCUT2D eigenvalue weighted by Crippen LogP contribution is -2.18. The second-order valence-corrected chi connectivity index (χ2v) is 4.62. The van der Waals surface area contributed by atoms with Gasteiger partial charge in [-0.1, -0.05) is 19.9 Å². The molecule has 2 N–H and O–H groups in total. The quantitative estimate of drug-likeness (QED) is 0.853. The van der Waals surface area contributed by atoms with E-state index in [2.05, 4.69) is 34.5 Å². The topological polar surface area (TPSA) is 56.2 Å². The predicted octanol–water partition coefficient (Wildman–Crippen LogP) is 1.74. The van der Waals surface area contributed by atoms with E-state index in [0.717, 1.165) is 23.5 Å². The molecule has 16 heavy (non-hydrogen) atoms. The molecule has 2 rings (SSSR count). The molecule has 0 aliphatic carbocycles. The fraction of sp³-hybridized carbons (Fsp3) is 0.500. The van der Waals surface area contributed by atoms with Crippen molar-refractivity contribution in [1.82, 2.24) is 14.6 Å². The monoisotopic (exact) mass is 218 g/mol. The number of aromatic nitrogens is 3. The molecule has 2 aromatic rings. The molecule has 0 bridgehead atoms. The standard InChI is InChI=1S/C12H18N4/c1-8(2)11-14-15-12-10(7-9(3)13)5-4-6-16(11)12/h4-6,8-9H,7,13H2,1-3H3. The van der Waals surface area contributed by atoms with Crippen LogP contribution in [0.1, 0.15) is 38.1 Å². The molecule has 0 aliphatic heterocycles.